The van der Waals surface area contributed by atoms with Crippen molar-refractivity contribution in [3.63, 3.8) is 0 Å². The molecule has 7 nitrogen and oxygen atoms in total. The van der Waals surface area contributed by atoms with E-state index in [1.54, 1.807) is 14.2 Å². The minimum absolute atomic E-state index is 0.0872. The lowest BCUT2D eigenvalue weighted by atomic mass is 9.73. The largest absolute Gasteiger partial charge is 0.454 e. The normalized spacial score (nSPS) is 29.5. The second kappa shape index (κ2) is 8.24. The van der Waals surface area contributed by atoms with Gasteiger partial charge in [0.25, 0.3) is 0 Å². The molecule has 0 saturated carbocycles. The van der Waals surface area contributed by atoms with Crippen LogP contribution in [0.3, 0.4) is 0 Å². The van der Waals surface area contributed by atoms with Gasteiger partial charge in [-0.15, -0.1) is 0 Å². The van der Waals surface area contributed by atoms with Gasteiger partial charge < -0.3 is 28.4 Å². The zero-order chi connectivity index (χ0) is 19.8. The van der Waals surface area contributed by atoms with E-state index in [2.05, 4.69) is 23.1 Å². The van der Waals surface area contributed by atoms with Crippen molar-refractivity contribution >= 4 is 0 Å². The third-order valence-electron chi connectivity index (χ3n) is 6.42. The van der Waals surface area contributed by atoms with Gasteiger partial charge in [-0.25, -0.2) is 0 Å². The first-order chi connectivity index (χ1) is 14.3. The number of fused-ring (bicyclic) bond motifs is 3. The molecule has 1 aromatic rings. The monoisotopic (exact) mass is 403 g/mol. The Morgan fingerprint density at radius 1 is 1.00 bits per heavy atom. The molecule has 4 atom stereocenters. The van der Waals surface area contributed by atoms with Gasteiger partial charge in [0.1, 0.15) is 6.10 Å². The fourth-order valence-electron chi connectivity index (χ4n) is 5.19. The maximum Gasteiger partial charge on any atom is 0.231 e. The summed E-state index contributed by atoms with van der Waals surface area (Å²) >= 11 is 0. The van der Waals surface area contributed by atoms with Gasteiger partial charge in [0.05, 0.1) is 32.5 Å². The van der Waals surface area contributed by atoms with Gasteiger partial charge in [-0.3, -0.25) is 4.90 Å². The van der Waals surface area contributed by atoms with Crippen LogP contribution in [-0.4, -0.2) is 77.1 Å². The Hall–Kier alpha value is -1.64. The lowest BCUT2D eigenvalue weighted by Crippen LogP contribution is -2.52. The van der Waals surface area contributed by atoms with Crippen molar-refractivity contribution < 1.29 is 28.4 Å². The molecule has 5 rings (SSSR count). The summed E-state index contributed by atoms with van der Waals surface area (Å²) in [4.78, 5) is 2.57. The molecule has 0 radical (unpaired) electrons. The predicted molar refractivity (Wildman–Crippen MR) is 105 cm³/mol. The van der Waals surface area contributed by atoms with Gasteiger partial charge in [-0.2, -0.15) is 0 Å². The smallest absolute Gasteiger partial charge is 0.231 e. The molecule has 158 valence electrons. The molecule has 4 aliphatic rings. The molecule has 1 fully saturated rings. The summed E-state index contributed by atoms with van der Waals surface area (Å²) in [5.74, 6) is 1.87. The Morgan fingerprint density at radius 3 is 2.55 bits per heavy atom. The molecule has 1 aromatic carbocycles. The molecule has 3 heterocycles. The number of methoxy groups -OCH3 is 2. The molecule has 1 saturated heterocycles. The first kappa shape index (κ1) is 19.3. The van der Waals surface area contributed by atoms with Gasteiger partial charge in [0, 0.05) is 39.3 Å². The number of hydrogen-bond acceptors (Lipinski definition) is 7. The summed E-state index contributed by atoms with van der Waals surface area (Å²) in [6.45, 7) is 4.51. The first-order valence-corrected chi connectivity index (χ1v) is 10.4. The highest BCUT2D eigenvalue weighted by Gasteiger charge is 2.50. The molecule has 3 aliphatic heterocycles. The molecule has 0 amide bonds. The van der Waals surface area contributed by atoms with Crippen LogP contribution in [0.1, 0.15) is 23.5 Å². The molecule has 1 aliphatic carbocycles. The molecule has 0 N–H and O–H groups in total. The van der Waals surface area contributed by atoms with Crippen molar-refractivity contribution in [2.45, 2.75) is 37.1 Å². The quantitative estimate of drug-likeness (QED) is 0.487. The molecule has 0 spiro atoms. The van der Waals surface area contributed by atoms with Crippen molar-refractivity contribution in [2.75, 3.05) is 54.0 Å². The summed E-state index contributed by atoms with van der Waals surface area (Å²) in [5, 5.41) is 0. The van der Waals surface area contributed by atoms with Gasteiger partial charge in [-0.05, 0) is 29.7 Å². The van der Waals surface area contributed by atoms with E-state index in [4.69, 9.17) is 28.4 Å². The summed E-state index contributed by atoms with van der Waals surface area (Å²) in [7, 11) is 3.39. The van der Waals surface area contributed by atoms with E-state index < -0.39 is 0 Å². The van der Waals surface area contributed by atoms with Crippen molar-refractivity contribution in [1.82, 2.24) is 4.90 Å². The van der Waals surface area contributed by atoms with E-state index in [1.165, 1.54) is 16.7 Å². The number of rotatable bonds is 8. The molecule has 0 bridgehead atoms. The summed E-state index contributed by atoms with van der Waals surface area (Å²) in [6, 6.07) is 4.68. The Bertz CT molecular complexity index is 781. The SMILES string of the molecule is COCCO[C@H]1[C@H]2c3cc4c(cc3CN3CCC(=C[C@@H]1OCCOC)[C@H]23)OCO4. The molecular formula is C22H29NO6. The fourth-order valence-corrected chi connectivity index (χ4v) is 5.19. The van der Waals surface area contributed by atoms with E-state index >= 15 is 0 Å². The van der Waals surface area contributed by atoms with Gasteiger partial charge in [0.2, 0.25) is 6.79 Å². The Labute approximate surface area is 171 Å². The second-order valence-corrected chi connectivity index (χ2v) is 7.99. The van der Waals surface area contributed by atoms with Crippen molar-refractivity contribution in [3.8, 4) is 11.5 Å². The molecule has 7 heteroatoms. The van der Waals surface area contributed by atoms with Crippen molar-refractivity contribution in [2.24, 2.45) is 0 Å². The van der Waals surface area contributed by atoms with Crippen LogP contribution >= 0.6 is 0 Å². The van der Waals surface area contributed by atoms with Gasteiger partial charge >= 0.3 is 0 Å². The number of ether oxygens (including phenoxy) is 6. The van der Waals surface area contributed by atoms with Crippen LogP contribution in [0.4, 0.5) is 0 Å². The van der Waals surface area contributed by atoms with Crippen LogP contribution in [0.15, 0.2) is 23.8 Å². The maximum atomic E-state index is 6.40. The third kappa shape index (κ3) is 3.45. The zero-order valence-electron chi connectivity index (χ0n) is 17.1. The topological polar surface area (TPSA) is 58.6 Å². The van der Waals surface area contributed by atoms with Crippen LogP contribution < -0.4 is 9.47 Å². The molecular weight excluding hydrogens is 374 g/mol. The van der Waals surface area contributed by atoms with Crippen molar-refractivity contribution in [1.29, 1.82) is 0 Å². The number of nitrogens with zero attached hydrogens (tertiary/aromatic N) is 1. The van der Waals surface area contributed by atoms with E-state index in [0.29, 0.717) is 32.5 Å². The van der Waals surface area contributed by atoms with Crippen LogP contribution in [-0.2, 0) is 25.5 Å². The highest BCUT2D eigenvalue weighted by molar-refractivity contribution is 5.53. The van der Waals surface area contributed by atoms with Crippen LogP contribution in [0.25, 0.3) is 0 Å². The lowest BCUT2D eigenvalue weighted by Gasteiger charge is -2.46. The first-order valence-electron chi connectivity index (χ1n) is 10.4. The Kier molecular flexibility index (Phi) is 5.49. The standard InChI is InChI=1S/C22H29NO6/c1-24-5-7-26-19-9-14-3-4-23-12-15-10-17-18(29-13-28-17)11-16(15)20(21(14)23)22(19)27-8-6-25-2/h9-11,19-22H,3-8,12-13H2,1-2H3/t19-,20-,21+,22+/m0/s1. The third-order valence-corrected chi connectivity index (χ3v) is 6.42. The summed E-state index contributed by atoms with van der Waals surface area (Å²) in [5.41, 5.74) is 4.06. The summed E-state index contributed by atoms with van der Waals surface area (Å²) < 4.78 is 34.4. The Morgan fingerprint density at radius 2 is 1.76 bits per heavy atom. The van der Waals surface area contributed by atoms with E-state index in [1.807, 2.05) is 0 Å². The average Bonchev–Trinajstić information content (AvgIpc) is 3.35. The Balaban J connectivity index is 1.52. The van der Waals surface area contributed by atoms with E-state index in [9.17, 15) is 0 Å². The van der Waals surface area contributed by atoms with E-state index in [-0.39, 0.29) is 24.9 Å². The average molecular weight is 403 g/mol. The molecule has 0 unspecified atom stereocenters. The minimum Gasteiger partial charge on any atom is -0.454 e. The number of benzene rings is 1. The highest BCUT2D eigenvalue weighted by Crippen LogP contribution is 2.50. The molecule has 0 aromatic heterocycles. The van der Waals surface area contributed by atoms with Gasteiger partial charge in [0.15, 0.2) is 11.5 Å². The van der Waals surface area contributed by atoms with E-state index in [0.717, 1.165) is 31.0 Å². The lowest BCUT2D eigenvalue weighted by molar-refractivity contribution is -0.0950. The fraction of sp³-hybridized carbons (Fsp3) is 0.636. The summed E-state index contributed by atoms with van der Waals surface area (Å²) in [6.07, 6.45) is 3.19. The number of hydrogen-bond donors (Lipinski definition) is 0. The second-order valence-electron chi connectivity index (χ2n) is 7.99. The van der Waals surface area contributed by atoms with Gasteiger partial charge in [-0.1, -0.05) is 11.6 Å². The minimum atomic E-state index is -0.102. The van der Waals surface area contributed by atoms with Crippen LogP contribution in [0.2, 0.25) is 0 Å². The van der Waals surface area contributed by atoms with Crippen LogP contribution in [0.5, 0.6) is 11.5 Å². The predicted octanol–water partition coefficient (Wildman–Crippen LogP) is 2.09. The highest BCUT2D eigenvalue weighted by atomic mass is 16.7. The molecule has 29 heavy (non-hydrogen) atoms. The van der Waals surface area contributed by atoms with Crippen LogP contribution in [0, 0.1) is 0 Å². The van der Waals surface area contributed by atoms with Crippen molar-refractivity contribution in [3.05, 3.63) is 34.9 Å². The zero-order valence-corrected chi connectivity index (χ0v) is 17.1. The maximum absolute atomic E-state index is 6.40.